The molecule has 0 fully saturated rings. The number of carbonyl (C=O) groups is 1. The van der Waals surface area contributed by atoms with Crippen molar-refractivity contribution in [3.05, 3.63) is 65.5 Å². The molecule has 2 aromatic carbocycles. The number of carbonyl (C=O) groups excluding carboxylic acids is 1. The fourth-order valence-corrected chi connectivity index (χ4v) is 1.91. The lowest BCUT2D eigenvalue weighted by Gasteiger charge is -2.09. The van der Waals surface area contributed by atoms with Crippen molar-refractivity contribution in [2.75, 3.05) is 12.4 Å². The third kappa shape index (κ3) is 4.17. The van der Waals surface area contributed by atoms with Gasteiger partial charge in [0.05, 0.1) is 13.7 Å². The van der Waals surface area contributed by atoms with Crippen molar-refractivity contribution >= 4 is 17.7 Å². The van der Waals surface area contributed by atoms with Crippen LogP contribution in [-0.2, 0) is 11.4 Å². The minimum atomic E-state index is -0.323. The van der Waals surface area contributed by atoms with Gasteiger partial charge >= 0.3 is 0 Å². The molecule has 0 bridgehead atoms. The molecule has 22 heavy (non-hydrogen) atoms. The maximum atomic E-state index is 12.8. The van der Waals surface area contributed by atoms with Gasteiger partial charge in [0.25, 0.3) is 0 Å². The van der Waals surface area contributed by atoms with Crippen molar-refractivity contribution in [3.8, 4) is 5.75 Å². The van der Waals surface area contributed by atoms with E-state index in [1.165, 1.54) is 25.3 Å². The van der Waals surface area contributed by atoms with Crippen LogP contribution in [0.15, 0.2) is 48.5 Å². The van der Waals surface area contributed by atoms with Crippen LogP contribution in [0.5, 0.6) is 5.75 Å². The topological polar surface area (TPSA) is 58.6 Å². The second kappa shape index (κ2) is 7.38. The van der Waals surface area contributed by atoms with Crippen molar-refractivity contribution in [1.82, 2.24) is 0 Å². The predicted molar refractivity (Wildman–Crippen MR) is 83.0 cm³/mol. The summed E-state index contributed by atoms with van der Waals surface area (Å²) in [6.07, 6.45) is 2.95. The normalized spacial score (nSPS) is 10.7. The van der Waals surface area contributed by atoms with Gasteiger partial charge in [0.2, 0.25) is 5.91 Å². The number of anilines is 1. The zero-order valence-corrected chi connectivity index (χ0v) is 12.0. The fourth-order valence-electron chi connectivity index (χ4n) is 1.91. The number of benzene rings is 2. The number of ether oxygens (including phenoxy) is 1. The molecule has 0 saturated carbocycles. The maximum absolute atomic E-state index is 12.8. The molecule has 0 aliphatic heterocycles. The Bertz CT molecular complexity index is 681. The van der Waals surface area contributed by atoms with E-state index in [2.05, 4.69) is 5.32 Å². The van der Waals surface area contributed by atoms with Crippen LogP contribution in [0.2, 0.25) is 0 Å². The number of rotatable bonds is 5. The summed E-state index contributed by atoms with van der Waals surface area (Å²) < 4.78 is 17.9. The fraction of sp³-hybridized carbons (Fsp3) is 0.118. The van der Waals surface area contributed by atoms with Gasteiger partial charge in [-0.2, -0.15) is 0 Å². The van der Waals surface area contributed by atoms with Crippen LogP contribution in [0, 0.1) is 5.82 Å². The highest BCUT2D eigenvalue weighted by Crippen LogP contribution is 2.22. The summed E-state index contributed by atoms with van der Waals surface area (Å²) >= 11 is 0. The van der Waals surface area contributed by atoms with E-state index in [0.29, 0.717) is 17.0 Å². The largest absolute Gasteiger partial charge is 0.496 e. The van der Waals surface area contributed by atoms with Crippen LogP contribution < -0.4 is 10.1 Å². The molecule has 1 amide bonds. The van der Waals surface area contributed by atoms with E-state index >= 15 is 0 Å². The number of nitrogens with one attached hydrogen (secondary N) is 1. The zero-order chi connectivity index (χ0) is 15.9. The van der Waals surface area contributed by atoms with Crippen molar-refractivity contribution < 1.29 is 19.0 Å². The summed E-state index contributed by atoms with van der Waals surface area (Å²) in [6, 6.07) is 10.8. The summed E-state index contributed by atoms with van der Waals surface area (Å²) in [4.78, 5) is 11.8. The highest BCUT2D eigenvalue weighted by molar-refractivity contribution is 6.02. The minimum Gasteiger partial charge on any atom is -0.496 e. The monoisotopic (exact) mass is 301 g/mol. The summed E-state index contributed by atoms with van der Waals surface area (Å²) in [5.74, 6) is -0.0860. The molecule has 5 heteroatoms. The molecular formula is C17H16FNO3. The van der Waals surface area contributed by atoms with Crippen molar-refractivity contribution in [2.45, 2.75) is 6.61 Å². The van der Waals surface area contributed by atoms with Crippen LogP contribution in [-0.4, -0.2) is 18.1 Å². The van der Waals surface area contributed by atoms with Gasteiger partial charge < -0.3 is 15.2 Å². The lowest BCUT2D eigenvalue weighted by molar-refractivity contribution is -0.111. The number of hydrogen-bond donors (Lipinski definition) is 2. The van der Waals surface area contributed by atoms with Gasteiger partial charge in [-0.25, -0.2) is 4.39 Å². The number of amides is 1. The highest BCUT2D eigenvalue weighted by Gasteiger charge is 2.05. The van der Waals surface area contributed by atoms with Crippen LogP contribution in [0.3, 0.4) is 0 Å². The van der Waals surface area contributed by atoms with Crippen LogP contribution in [0.1, 0.15) is 11.1 Å². The predicted octanol–water partition coefficient (Wildman–Crippen LogP) is 2.98. The number of halogens is 1. The summed E-state index contributed by atoms with van der Waals surface area (Å²) in [7, 11) is 1.51. The van der Waals surface area contributed by atoms with Gasteiger partial charge in [0.1, 0.15) is 11.6 Å². The molecule has 0 aliphatic carbocycles. The van der Waals surface area contributed by atoms with Crippen LogP contribution in [0.4, 0.5) is 10.1 Å². The van der Waals surface area contributed by atoms with Gasteiger partial charge in [0, 0.05) is 17.3 Å². The Labute approximate surface area is 127 Å². The Morgan fingerprint density at radius 3 is 2.64 bits per heavy atom. The minimum absolute atomic E-state index is 0.182. The first-order valence-electron chi connectivity index (χ1n) is 6.65. The van der Waals surface area contributed by atoms with E-state index in [1.54, 1.807) is 36.4 Å². The Morgan fingerprint density at radius 1 is 1.27 bits per heavy atom. The average Bonchev–Trinajstić information content (AvgIpc) is 2.54. The van der Waals surface area contributed by atoms with E-state index in [4.69, 9.17) is 4.74 Å². The molecule has 0 radical (unpaired) electrons. The first-order valence-corrected chi connectivity index (χ1v) is 6.65. The SMILES string of the molecule is COc1ccc(NC(=O)/C=C/c2ccc(F)cc2)cc1CO. The molecule has 2 N–H and O–H groups in total. The summed E-state index contributed by atoms with van der Waals surface area (Å²) in [5.41, 5.74) is 1.86. The van der Waals surface area contributed by atoms with Crippen molar-refractivity contribution in [1.29, 1.82) is 0 Å². The maximum Gasteiger partial charge on any atom is 0.248 e. The van der Waals surface area contributed by atoms with Gasteiger partial charge in [-0.15, -0.1) is 0 Å². The molecule has 0 heterocycles. The average molecular weight is 301 g/mol. The van der Waals surface area contributed by atoms with Crippen LogP contribution in [0.25, 0.3) is 6.08 Å². The zero-order valence-electron chi connectivity index (χ0n) is 12.0. The van der Waals surface area contributed by atoms with Crippen molar-refractivity contribution in [2.24, 2.45) is 0 Å². The van der Waals surface area contributed by atoms with Gasteiger partial charge in [-0.1, -0.05) is 12.1 Å². The number of aliphatic hydroxyl groups is 1. The second-order valence-corrected chi connectivity index (χ2v) is 4.56. The first-order chi connectivity index (χ1) is 10.6. The van der Waals surface area contributed by atoms with Gasteiger partial charge in [-0.3, -0.25) is 4.79 Å². The van der Waals surface area contributed by atoms with Crippen molar-refractivity contribution in [3.63, 3.8) is 0 Å². The molecule has 0 spiro atoms. The molecular weight excluding hydrogens is 285 g/mol. The molecule has 4 nitrogen and oxygen atoms in total. The smallest absolute Gasteiger partial charge is 0.248 e. The standard InChI is InChI=1S/C17H16FNO3/c1-22-16-8-7-15(10-13(16)11-20)19-17(21)9-4-12-2-5-14(18)6-3-12/h2-10,20H,11H2,1H3,(H,19,21)/b9-4+. The van der Waals surface area contributed by atoms with E-state index in [9.17, 15) is 14.3 Å². The van der Waals surface area contributed by atoms with E-state index in [0.717, 1.165) is 5.56 Å². The lowest BCUT2D eigenvalue weighted by Crippen LogP contribution is -2.08. The van der Waals surface area contributed by atoms with E-state index in [1.807, 2.05) is 0 Å². The molecule has 2 rings (SSSR count). The molecule has 0 atom stereocenters. The van der Waals surface area contributed by atoms with Gasteiger partial charge in [0.15, 0.2) is 0 Å². The van der Waals surface area contributed by atoms with E-state index < -0.39 is 0 Å². The molecule has 114 valence electrons. The number of aliphatic hydroxyl groups excluding tert-OH is 1. The van der Waals surface area contributed by atoms with Crippen LogP contribution >= 0.6 is 0 Å². The Balaban J connectivity index is 2.04. The summed E-state index contributed by atoms with van der Waals surface area (Å²) in [6.45, 7) is -0.182. The third-order valence-corrected chi connectivity index (χ3v) is 3.02. The summed E-state index contributed by atoms with van der Waals surface area (Å²) in [5, 5.41) is 11.9. The Kier molecular flexibility index (Phi) is 5.27. The molecule has 0 saturated heterocycles. The third-order valence-electron chi connectivity index (χ3n) is 3.02. The second-order valence-electron chi connectivity index (χ2n) is 4.56. The molecule has 0 unspecified atom stereocenters. The number of methoxy groups -OCH3 is 1. The molecule has 2 aromatic rings. The molecule has 0 aliphatic rings. The first kappa shape index (κ1) is 15.7. The highest BCUT2D eigenvalue weighted by atomic mass is 19.1. The van der Waals surface area contributed by atoms with Gasteiger partial charge in [-0.05, 0) is 42.0 Å². The Hall–Kier alpha value is -2.66. The quantitative estimate of drug-likeness (QED) is 0.835. The number of hydrogen-bond acceptors (Lipinski definition) is 3. The lowest BCUT2D eigenvalue weighted by atomic mass is 10.2. The Morgan fingerprint density at radius 2 is 2.00 bits per heavy atom. The van der Waals surface area contributed by atoms with E-state index in [-0.39, 0.29) is 18.3 Å². The molecule has 0 aromatic heterocycles.